The number of aryl methyl sites for hydroxylation is 1. The number of nitrogens with zero attached hydrogens (tertiary/aromatic N) is 2. The van der Waals surface area contributed by atoms with Crippen molar-refractivity contribution in [1.29, 1.82) is 5.26 Å². The highest BCUT2D eigenvalue weighted by Crippen LogP contribution is 2.09. The second-order valence-corrected chi connectivity index (χ2v) is 7.60. The number of carbonyl (C=O) groups is 1. The molecule has 28 heavy (non-hydrogen) atoms. The first-order valence-electron chi connectivity index (χ1n) is 8.59. The highest BCUT2D eigenvalue weighted by atomic mass is 32.2. The smallest absolute Gasteiger partial charge is 0.314 e. The number of sulfonamides is 1. The highest BCUT2D eigenvalue weighted by Gasteiger charge is 2.12. The van der Waals surface area contributed by atoms with Crippen molar-refractivity contribution >= 4 is 21.9 Å². The number of pyridine rings is 1. The molecule has 1 heterocycles. The second-order valence-electron chi connectivity index (χ2n) is 5.83. The van der Waals surface area contributed by atoms with E-state index in [1.807, 2.05) is 13.0 Å². The molecule has 0 saturated heterocycles. The van der Waals surface area contributed by atoms with Gasteiger partial charge >= 0.3 is 6.03 Å². The third-order valence-electron chi connectivity index (χ3n) is 3.67. The Morgan fingerprint density at radius 1 is 1.07 bits per heavy atom. The normalized spacial score (nSPS) is 10.7. The van der Waals surface area contributed by atoms with E-state index in [0.717, 1.165) is 5.56 Å². The van der Waals surface area contributed by atoms with Crippen molar-refractivity contribution in [2.24, 2.45) is 0 Å². The molecule has 0 aliphatic rings. The molecule has 4 N–H and O–H groups in total. The number of urea groups is 1. The molecule has 0 bridgehead atoms. The molecule has 1 aromatic heterocycles. The first kappa shape index (κ1) is 21.1. The van der Waals surface area contributed by atoms with Crippen LogP contribution in [0.1, 0.15) is 11.1 Å². The molecule has 0 fully saturated rings. The Kier molecular flexibility index (Phi) is 7.74. The average molecular weight is 402 g/mol. The SMILES string of the molecule is Cc1ccc(S(=O)(=O)NCCNC(=O)NCCNc2ncccc2C#N)cc1. The maximum atomic E-state index is 12.1. The van der Waals surface area contributed by atoms with Gasteiger partial charge in [-0.25, -0.2) is 22.9 Å². The highest BCUT2D eigenvalue weighted by molar-refractivity contribution is 7.89. The van der Waals surface area contributed by atoms with Crippen LogP contribution < -0.4 is 20.7 Å². The van der Waals surface area contributed by atoms with Gasteiger partial charge in [-0.2, -0.15) is 5.26 Å². The van der Waals surface area contributed by atoms with E-state index in [1.54, 1.807) is 30.5 Å². The number of aromatic nitrogens is 1. The van der Waals surface area contributed by atoms with Gasteiger partial charge in [0.2, 0.25) is 10.0 Å². The molecule has 2 aromatic rings. The lowest BCUT2D eigenvalue weighted by Gasteiger charge is -2.10. The molecule has 0 atom stereocenters. The second kappa shape index (κ2) is 10.2. The summed E-state index contributed by atoms with van der Waals surface area (Å²) >= 11 is 0. The Bertz CT molecular complexity index is 939. The zero-order chi connectivity index (χ0) is 20.4. The minimum absolute atomic E-state index is 0.0708. The molecule has 9 nitrogen and oxygen atoms in total. The number of hydrogen-bond donors (Lipinski definition) is 4. The van der Waals surface area contributed by atoms with Gasteiger partial charge in [0.05, 0.1) is 10.5 Å². The first-order chi connectivity index (χ1) is 13.4. The van der Waals surface area contributed by atoms with Gasteiger partial charge in [0.1, 0.15) is 11.9 Å². The summed E-state index contributed by atoms with van der Waals surface area (Å²) < 4.78 is 26.6. The number of amides is 2. The fraction of sp³-hybridized carbons (Fsp3) is 0.278. The predicted octanol–water partition coefficient (Wildman–Crippen LogP) is 0.951. The Hall–Kier alpha value is -3.16. The van der Waals surface area contributed by atoms with Gasteiger partial charge in [0.15, 0.2) is 0 Å². The third kappa shape index (κ3) is 6.53. The van der Waals surface area contributed by atoms with Crippen LogP contribution in [0.4, 0.5) is 10.6 Å². The van der Waals surface area contributed by atoms with Crippen molar-refractivity contribution in [2.45, 2.75) is 11.8 Å². The van der Waals surface area contributed by atoms with Gasteiger partial charge in [0.25, 0.3) is 0 Å². The van der Waals surface area contributed by atoms with Crippen LogP contribution in [0.3, 0.4) is 0 Å². The number of rotatable bonds is 9. The summed E-state index contributed by atoms with van der Waals surface area (Å²) in [6.07, 6.45) is 1.57. The average Bonchev–Trinajstić information content (AvgIpc) is 2.69. The summed E-state index contributed by atoms with van der Waals surface area (Å²) in [5.74, 6) is 0.456. The monoisotopic (exact) mass is 402 g/mol. The van der Waals surface area contributed by atoms with Gasteiger partial charge in [-0.05, 0) is 31.2 Å². The van der Waals surface area contributed by atoms with Crippen LogP contribution in [0.25, 0.3) is 0 Å². The Labute approximate surface area is 164 Å². The minimum atomic E-state index is -3.60. The van der Waals surface area contributed by atoms with Crippen molar-refractivity contribution < 1.29 is 13.2 Å². The van der Waals surface area contributed by atoms with Crippen LogP contribution in [0.15, 0.2) is 47.5 Å². The Morgan fingerprint density at radius 2 is 1.75 bits per heavy atom. The van der Waals surface area contributed by atoms with Gasteiger partial charge < -0.3 is 16.0 Å². The number of hydrogen-bond acceptors (Lipinski definition) is 6. The number of benzene rings is 1. The van der Waals surface area contributed by atoms with E-state index in [9.17, 15) is 13.2 Å². The summed E-state index contributed by atoms with van der Waals surface area (Å²) in [7, 11) is -3.60. The molecule has 0 saturated carbocycles. The van der Waals surface area contributed by atoms with E-state index >= 15 is 0 Å². The van der Waals surface area contributed by atoms with Crippen LogP contribution >= 0.6 is 0 Å². The van der Waals surface area contributed by atoms with Crippen molar-refractivity contribution in [2.75, 3.05) is 31.5 Å². The lowest BCUT2D eigenvalue weighted by molar-refractivity contribution is 0.241. The molecule has 0 spiro atoms. The van der Waals surface area contributed by atoms with Crippen molar-refractivity contribution in [3.8, 4) is 6.07 Å². The van der Waals surface area contributed by atoms with E-state index < -0.39 is 16.1 Å². The van der Waals surface area contributed by atoms with Crippen LogP contribution in [0.5, 0.6) is 0 Å². The largest absolute Gasteiger partial charge is 0.367 e. The zero-order valence-corrected chi connectivity index (χ0v) is 16.2. The van der Waals surface area contributed by atoms with Gasteiger partial charge in [0, 0.05) is 32.4 Å². The minimum Gasteiger partial charge on any atom is -0.367 e. The van der Waals surface area contributed by atoms with E-state index in [4.69, 9.17) is 5.26 Å². The molecule has 0 aliphatic carbocycles. The fourth-order valence-corrected chi connectivity index (χ4v) is 3.25. The molecule has 2 rings (SSSR count). The van der Waals surface area contributed by atoms with Gasteiger partial charge in [-0.15, -0.1) is 0 Å². The molecule has 1 aromatic carbocycles. The fourth-order valence-electron chi connectivity index (χ4n) is 2.22. The molecule has 0 radical (unpaired) electrons. The topological polar surface area (TPSA) is 136 Å². The lowest BCUT2D eigenvalue weighted by Crippen LogP contribution is -2.41. The quantitative estimate of drug-likeness (QED) is 0.461. The summed E-state index contributed by atoms with van der Waals surface area (Å²) in [4.78, 5) is 15.9. The molecular formula is C18H22N6O3S. The Morgan fingerprint density at radius 3 is 2.43 bits per heavy atom. The van der Waals surface area contributed by atoms with E-state index in [2.05, 4.69) is 25.7 Å². The van der Waals surface area contributed by atoms with E-state index in [1.165, 1.54) is 12.1 Å². The maximum Gasteiger partial charge on any atom is 0.314 e. The molecule has 2 amide bonds. The van der Waals surface area contributed by atoms with Crippen LogP contribution in [0, 0.1) is 18.3 Å². The summed E-state index contributed by atoms with van der Waals surface area (Å²) in [5.41, 5.74) is 1.39. The number of carbonyl (C=O) groups excluding carboxylic acids is 1. The molecule has 148 valence electrons. The van der Waals surface area contributed by atoms with Crippen molar-refractivity contribution in [3.05, 3.63) is 53.7 Å². The lowest BCUT2D eigenvalue weighted by atomic mass is 10.2. The van der Waals surface area contributed by atoms with Crippen LogP contribution in [0.2, 0.25) is 0 Å². The summed E-state index contributed by atoms with van der Waals surface area (Å²) in [6.45, 7) is 2.78. The number of nitriles is 1. The Balaban J connectivity index is 1.63. The van der Waals surface area contributed by atoms with Gasteiger partial charge in [-0.1, -0.05) is 17.7 Å². The maximum absolute atomic E-state index is 12.1. The number of nitrogens with one attached hydrogen (secondary N) is 4. The van der Waals surface area contributed by atoms with E-state index in [0.29, 0.717) is 24.5 Å². The molecule has 0 aliphatic heterocycles. The van der Waals surface area contributed by atoms with Crippen LogP contribution in [-0.2, 0) is 10.0 Å². The van der Waals surface area contributed by atoms with Crippen LogP contribution in [-0.4, -0.2) is 45.6 Å². The predicted molar refractivity (Wildman–Crippen MR) is 105 cm³/mol. The van der Waals surface area contributed by atoms with E-state index in [-0.39, 0.29) is 18.0 Å². The number of anilines is 1. The summed E-state index contributed by atoms with van der Waals surface area (Å²) in [6, 6.07) is 11.4. The molecule has 10 heteroatoms. The van der Waals surface area contributed by atoms with Gasteiger partial charge in [-0.3, -0.25) is 0 Å². The zero-order valence-electron chi connectivity index (χ0n) is 15.4. The first-order valence-corrected chi connectivity index (χ1v) is 10.1. The third-order valence-corrected chi connectivity index (χ3v) is 5.14. The van der Waals surface area contributed by atoms with Crippen molar-refractivity contribution in [1.82, 2.24) is 20.3 Å². The van der Waals surface area contributed by atoms with Crippen molar-refractivity contribution in [3.63, 3.8) is 0 Å². The molecule has 0 unspecified atom stereocenters. The standard InChI is InChI=1S/C18H22N6O3S/c1-14-4-6-16(7-5-14)28(26,27)24-12-11-23-18(25)22-10-9-21-17-15(13-19)3-2-8-20-17/h2-8,24H,9-12H2,1H3,(H,20,21)(H2,22,23,25). The summed E-state index contributed by atoms with van der Waals surface area (Å²) in [5, 5.41) is 17.1. The molecular weight excluding hydrogens is 380 g/mol.